The molecule has 3 nitrogen and oxygen atoms in total. The van der Waals surface area contributed by atoms with Crippen LogP contribution in [0.3, 0.4) is 0 Å². The molecule has 0 aliphatic carbocycles. The molecule has 1 rings (SSSR count). The van der Waals surface area contributed by atoms with Crippen molar-refractivity contribution < 1.29 is 4.74 Å². The Morgan fingerprint density at radius 2 is 1.78 bits per heavy atom. The Morgan fingerprint density at radius 1 is 1.17 bits per heavy atom. The van der Waals surface area contributed by atoms with Gasteiger partial charge < -0.3 is 15.0 Å². The van der Waals surface area contributed by atoms with Gasteiger partial charge in [-0.3, -0.25) is 0 Å². The molecule has 1 N–H and O–H groups in total. The average molecular weight is 256 g/mol. The van der Waals surface area contributed by atoms with Gasteiger partial charge in [-0.05, 0) is 66.7 Å². The molecule has 1 aliphatic rings. The molecule has 1 unspecified atom stereocenters. The average Bonchev–Trinajstić information content (AvgIpc) is 2.47. The second kappa shape index (κ2) is 6.36. The van der Waals surface area contributed by atoms with Crippen molar-refractivity contribution in [3.63, 3.8) is 0 Å². The molecule has 1 heterocycles. The number of nitrogens with zero attached hydrogens (tertiary/aromatic N) is 1. The topological polar surface area (TPSA) is 24.5 Å². The van der Waals surface area contributed by atoms with Gasteiger partial charge in [-0.1, -0.05) is 13.8 Å². The second-order valence-corrected chi connectivity index (χ2v) is 6.56. The van der Waals surface area contributed by atoms with Crippen LogP contribution in [0.25, 0.3) is 0 Å². The van der Waals surface area contributed by atoms with E-state index in [1.54, 1.807) is 0 Å². The molecular formula is C15H32N2O. The molecule has 18 heavy (non-hydrogen) atoms. The lowest BCUT2D eigenvalue weighted by Gasteiger charge is -2.28. The molecule has 0 spiro atoms. The summed E-state index contributed by atoms with van der Waals surface area (Å²) in [5, 5.41) is 3.68. The zero-order valence-corrected chi connectivity index (χ0v) is 13.2. The Balaban J connectivity index is 2.27. The van der Waals surface area contributed by atoms with Crippen molar-refractivity contribution in [3.8, 4) is 0 Å². The lowest BCUT2D eigenvalue weighted by Crippen LogP contribution is -2.44. The smallest absolute Gasteiger partial charge is 0.0787 e. The van der Waals surface area contributed by atoms with E-state index < -0.39 is 0 Å². The first-order valence-electron chi connectivity index (χ1n) is 7.46. The third-order valence-electron chi connectivity index (χ3n) is 4.01. The first-order valence-corrected chi connectivity index (χ1v) is 7.46. The molecule has 108 valence electrons. The van der Waals surface area contributed by atoms with Crippen molar-refractivity contribution in [1.82, 2.24) is 10.2 Å². The van der Waals surface area contributed by atoms with Crippen molar-refractivity contribution in [1.29, 1.82) is 0 Å². The summed E-state index contributed by atoms with van der Waals surface area (Å²) in [4.78, 5) is 2.47. The van der Waals surface area contributed by atoms with Gasteiger partial charge >= 0.3 is 0 Å². The number of hydrogen-bond donors (Lipinski definition) is 1. The highest BCUT2D eigenvalue weighted by Gasteiger charge is 2.45. The minimum atomic E-state index is -0.0430. The van der Waals surface area contributed by atoms with E-state index in [0.717, 1.165) is 26.1 Å². The van der Waals surface area contributed by atoms with Crippen LogP contribution in [0.2, 0.25) is 0 Å². The van der Waals surface area contributed by atoms with Gasteiger partial charge in [0.15, 0.2) is 0 Å². The van der Waals surface area contributed by atoms with E-state index in [4.69, 9.17) is 4.74 Å². The number of nitrogens with one attached hydrogen (secondary N) is 1. The first kappa shape index (κ1) is 15.9. The fourth-order valence-corrected chi connectivity index (χ4v) is 3.00. The highest BCUT2D eigenvalue weighted by molar-refractivity contribution is 4.98. The number of ether oxygens (including phenoxy) is 1. The van der Waals surface area contributed by atoms with Gasteiger partial charge in [0.05, 0.1) is 11.2 Å². The Kier molecular flexibility index (Phi) is 5.63. The monoisotopic (exact) mass is 256 g/mol. The van der Waals surface area contributed by atoms with E-state index in [0.29, 0.717) is 6.04 Å². The maximum Gasteiger partial charge on any atom is 0.0787 e. The van der Waals surface area contributed by atoms with E-state index in [1.807, 2.05) is 0 Å². The first-order chi connectivity index (χ1) is 8.30. The zero-order chi connectivity index (χ0) is 13.8. The third kappa shape index (κ3) is 4.52. The van der Waals surface area contributed by atoms with Crippen LogP contribution in [0.5, 0.6) is 0 Å². The Labute approximate surface area is 113 Å². The van der Waals surface area contributed by atoms with Crippen LogP contribution < -0.4 is 5.32 Å². The highest BCUT2D eigenvalue weighted by Crippen LogP contribution is 2.37. The third-order valence-corrected chi connectivity index (χ3v) is 4.01. The summed E-state index contributed by atoms with van der Waals surface area (Å²) in [6.45, 7) is 17.8. The molecule has 0 aromatic heterocycles. The van der Waals surface area contributed by atoms with E-state index >= 15 is 0 Å². The maximum atomic E-state index is 6.10. The van der Waals surface area contributed by atoms with Crippen LogP contribution in [-0.2, 0) is 4.74 Å². The molecular weight excluding hydrogens is 224 g/mol. The van der Waals surface area contributed by atoms with Crippen molar-refractivity contribution >= 4 is 0 Å². The van der Waals surface area contributed by atoms with E-state index in [2.05, 4.69) is 51.8 Å². The largest absolute Gasteiger partial charge is 0.368 e. The summed E-state index contributed by atoms with van der Waals surface area (Å²) in [5.74, 6) is 0. The van der Waals surface area contributed by atoms with Crippen molar-refractivity contribution in [2.24, 2.45) is 0 Å². The molecule has 1 aliphatic heterocycles. The summed E-state index contributed by atoms with van der Waals surface area (Å²) >= 11 is 0. The van der Waals surface area contributed by atoms with Gasteiger partial charge in [0, 0.05) is 6.04 Å². The Bertz CT molecular complexity index is 247. The zero-order valence-electron chi connectivity index (χ0n) is 13.2. The summed E-state index contributed by atoms with van der Waals surface area (Å²) in [7, 11) is 0. The molecule has 0 saturated carbocycles. The van der Waals surface area contributed by atoms with E-state index in [-0.39, 0.29) is 11.2 Å². The minimum absolute atomic E-state index is 0.0139. The lowest BCUT2D eigenvalue weighted by atomic mass is 9.94. The summed E-state index contributed by atoms with van der Waals surface area (Å²) in [5.41, 5.74) is -0.0290. The molecule has 0 amide bonds. The Hall–Kier alpha value is -0.120. The minimum Gasteiger partial charge on any atom is -0.368 e. The van der Waals surface area contributed by atoms with Crippen LogP contribution in [0, 0.1) is 0 Å². The fraction of sp³-hybridized carbons (Fsp3) is 1.00. The predicted octanol–water partition coefficient (Wildman–Crippen LogP) is 2.65. The SMILES string of the molecule is CCN(CC)CCCNC1CC(C)(C)OC1(C)C. The van der Waals surface area contributed by atoms with Crippen molar-refractivity contribution in [3.05, 3.63) is 0 Å². The van der Waals surface area contributed by atoms with E-state index in [1.165, 1.54) is 13.0 Å². The standard InChI is InChI=1S/C15H32N2O/c1-7-17(8-2)11-9-10-16-13-12-14(3,4)18-15(13,5)6/h13,16H,7-12H2,1-6H3. The van der Waals surface area contributed by atoms with Gasteiger partial charge in [-0.15, -0.1) is 0 Å². The fourth-order valence-electron chi connectivity index (χ4n) is 3.00. The van der Waals surface area contributed by atoms with Crippen LogP contribution in [-0.4, -0.2) is 48.3 Å². The Morgan fingerprint density at radius 3 is 2.22 bits per heavy atom. The molecule has 0 bridgehead atoms. The quantitative estimate of drug-likeness (QED) is 0.709. The highest BCUT2D eigenvalue weighted by atomic mass is 16.5. The van der Waals surface area contributed by atoms with Crippen molar-refractivity contribution in [2.45, 2.75) is 71.6 Å². The molecule has 1 saturated heterocycles. The lowest BCUT2D eigenvalue weighted by molar-refractivity contribution is -0.0698. The van der Waals surface area contributed by atoms with Crippen molar-refractivity contribution in [2.75, 3.05) is 26.2 Å². The van der Waals surface area contributed by atoms with Gasteiger partial charge in [-0.2, -0.15) is 0 Å². The van der Waals surface area contributed by atoms with Gasteiger partial charge in [0.2, 0.25) is 0 Å². The molecule has 1 fully saturated rings. The summed E-state index contributed by atoms with van der Waals surface area (Å²) < 4.78 is 6.10. The predicted molar refractivity (Wildman–Crippen MR) is 78.1 cm³/mol. The molecule has 3 heteroatoms. The number of hydrogen-bond acceptors (Lipinski definition) is 3. The van der Waals surface area contributed by atoms with Gasteiger partial charge in [0.25, 0.3) is 0 Å². The summed E-state index contributed by atoms with van der Waals surface area (Å²) in [6.07, 6.45) is 2.32. The molecule has 0 radical (unpaired) electrons. The van der Waals surface area contributed by atoms with Crippen LogP contribution in [0.15, 0.2) is 0 Å². The van der Waals surface area contributed by atoms with Crippen LogP contribution in [0.4, 0.5) is 0 Å². The van der Waals surface area contributed by atoms with Gasteiger partial charge in [-0.25, -0.2) is 0 Å². The molecule has 1 atom stereocenters. The van der Waals surface area contributed by atoms with Crippen LogP contribution >= 0.6 is 0 Å². The number of rotatable bonds is 7. The van der Waals surface area contributed by atoms with Gasteiger partial charge in [0.1, 0.15) is 0 Å². The maximum absolute atomic E-state index is 6.10. The summed E-state index contributed by atoms with van der Waals surface area (Å²) in [6, 6.07) is 0.476. The van der Waals surface area contributed by atoms with Crippen LogP contribution in [0.1, 0.15) is 54.4 Å². The second-order valence-electron chi connectivity index (χ2n) is 6.56. The van der Waals surface area contributed by atoms with E-state index in [9.17, 15) is 0 Å². The normalized spacial score (nSPS) is 25.8. The molecule has 0 aromatic rings. The molecule has 0 aromatic carbocycles.